The summed E-state index contributed by atoms with van der Waals surface area (Å²) in [6.45, 7) is 7.85. The van der Waals surface area contributed by atoms with Crippen LogP contribution in [0.2, 0.25) is 5.02 Å². The number of anilines is 1. The van der Waals surface area contributed by atoms with Crippen molar-refractivity contribution in [2.75, 3.05) is 12.0 Å². The summed E-state index contributed by atoms with van der Waals surface area (Å²) in [5.74, 6) is 1.39. The summed E-state index contributed by atoms with van der Waals surface area (Å²) in [6.07, 6.45) is 4.40. The summed E-state index contributed by atoms with van der Waals surface area (Å²) in [7, 11) is 1.62. The minimum atomic E-state index is -0.374. The topological polar surface area (TPSA) is 59.1 Å². The summed E-state index contributed by atoms with van der Waals surface area (Å²) in [5, 5.41) is 0.637. The van der Waals surface area contributed by atoms with Gasteiger partial charge in [-0.2, -0.15) is 0 Å². The molecule has 6 nitrogen and oxygen atoms in total. The molecule has 216 valence electrons. The molecule has 1 aliphatic heterocycles. The Bertz CT molecular complexity index is 1400. The van der Waals surface area contributed by atoms with E-state index in [0.717, 1.165) is 47.2 Å². The van der Waals surface area contributed by atoms with Crippen molar-refractivity contribution < 1.29 is 19.1 Å². The van der Waals surface area contributed by atoms with Crippen LogP contribution < -0.4 is 14.4 Å². The molecule has 0 aromatic heterocycles. The molecule has 1 heterocycles. The maximum absolute atomic E-state index is 13.8. The minimum Gasteiger partial charge on any atom is -0.493 e. The molecule has 2 amide bonds. The normalized spacial score (nSPS) is 18.2. The van der Waals surface area contributed by atoms with Crippen molar-refractivity contribution in [3.05, 3.63) is 87.9 Å². The van der Waals surface area contributed by atoms with E-state index in [1.807, 2.05) is 77.4 Å². The zero-order chi connectivity index (χ0) is 29.3. The van der Waals surface area contributed by atoms with Crippen LogP contribution in [0, 0.1) is 0 Å². The number of amides is 2. The molecular weight excluding hydrogens is 536 g/mol. The molecule has 0 saturated heterocycles. The molecule has 7 heteroatoms. The van der Waals surface area contributed by atoms with Crippen molar-refractivity contribution in [2.24, 2.45) is 0 Å². The van der Waals surface area contributed by atoms with Crippen LogP contribution in [0.25, 0.3) is 0 Å². The Balaban J connectivity index is 1.56. The Morgan fingerprint density at radius 3 is 2.29 bits per heavy atom. The van der Waals surface area contributed by atoms with E-state index in [0.29, 0.717) is 22.6 Å². The number of methoxy groups -OCH3 is 1. The predicted molar refractivity (Wildman–Crippen MR) is 163 cm³/mol. The molecule has 0 N–H and O–H groups in total. The lowest BCUT2D eigenvalue weighted by Crippen LogP contribution is -2.44. The highest BCUT2D eigenvalue weighted by molar-refractivity contribution is 6.30. The fraction of sp³-hybridized carbons (Fsp3) is 0.412. The SMILES string of the molecule is CC[C@@H](C)Oc1cc2c(cc1OC)CC(=O)N(c1ccc(C(C)N(C(C)=O)C3CCC3)cc1)C2c1ccc(Cl)cc1. The Morgan fingerprint density at radius 1 is 1.05 bits per heavy atom. The van der Waals surface area contributed by atoms with Crippen LogP contribution in [0.15, 0.2) is 60.7 Å². The number of fused-ring (bicyclic) bond motifs is 1. The molecule has 0 radical (unpaired) electrons. The molecule has 0 bridgehead atoms. The molecular formula is C34H39ClN2O4. The van der Waals surface area contributed by atoms with Crippen LogP contribution in [0.1, 0.15) is 87.7 Å². The first-order valence-corrected chi connectivity index (χ1v) is 14.9. The van der Waals surface area contributed by atoms with Crippen molar-refractivity contribution in [3.8, 4) is 11.5 Å². The highest BCUT2D eigenvalue weighted by atomic mass is 35.5. The van der Waals surface area contributed by atoms with Gasteiger partial charge in [-0.1, -0.05) is 42.8 Å². The van der Waals surface area contributed by atoms with E-state index in [9.17, 15) is 9.59 Å². The highest BCUT2D eigenvalue weighted by Crippen LogP contribution is 2.44. The molecule has 1 saturated carbocycles. The first kappa shape index (κ1) is 29.0. The number of carbonyl (C=O) groups is 2. The maximum atomic E-state index is 13.8. The molecule has 3 atom stereocenters. The summed E-state index contributed by atoms with van der Waals surface area (Å²) < 4.78 is 11.9. The molecule has 0 spiro atoms. The fourth-order valence-corrected chi connectivity index (χ4v) is 6.09. The number of carbonyl (C=O) groups excluding carboxylic acids is 2. The average Bonchev–Trinajstić information content (AvgIpc) is 2.94. The second kappa shape index (κ2) is 12.2. The van der Waals surface area contributed by atoms with Crippen LogP contribution >= 0.6 is 11.6 Å². The lowest BCUT2D eigenvalue weighted by Gasteiger charge is -2.41. The number of benzene rings is 3. The number of ether oxygens (including phenoxy) is 2. The van der Waals surface area contributed by atoms with Crippen molar-refractivity contribution in [1.82, 2.24) is 4.90 Å². The van der Waals surface area contributed by atoms with Crippen LogP contribution in [0.3, 0.4) is 0 Å². The van der Waals surface area contributed by atoms with Crippen molar-refractivity contribution in [2.45, 2.75) is 84.0 Å². The summed E-state index contributed by atoms with van der Waals surface area (Å²) in [4.78, 5) is 30.2. The number of rotatable bonds is 9. The second-order valence-electron chi connectivity index (χ2n) is 11.2. The van der Waals surface area contributed by atoms with Gasteiger partial charge < -0.3 is 19.3 Å². The van der Waals surface area contributed by atoms with Gasteiger partial charge in [0.05, 0.1) is 31.7 Å². The van der Waals surface area contributed by atoms with E-state index in [1.165, 1.54) is 6.42 Å². The van der Waals surface area contributed by atoms with Crippen LogP contribution in [0.5, 0.6) is 11.5 Å². The third-order valence-electron chi connectivity index (χ3n) is 8.58. The van der Waals surface area contributed by atoms with Crippen molar-refractivity contribution in [3.63, 3.8) is 0 Å². The van der Waals surface area contributed by atoms with Gasteiger partial charge in [-0.25, -0.2) is 0 Å². The Kier molecular flexibility index (Phi) is 8.60. The van der Waals surface area contributed by atoms with E-state index < -0.39 is 0 Å². The lowest BCUT2D eigenvalue weighted by molar-refractivity contribution is -0.135. The first-order valence-electron chi connectivity index (χ1n) is 14.6. The van der Waals surface area contributed by atoms with E-state index in [1.54, 1.807) is 14.0 Å². The molecule has 3 aromatic carbocycles. The molecule has 41 heavy (non-hydrogen) atoms. The standard InChI is InChI=1S/C34H39ClN2O4/c1-6-21(2)41-32-20-30-26(18-31(32)40-5)19-33(39)37(34(30)25-10-14-27(35)15-11-25)29-16-12-24(13-17-29)22(3)36(23(4)38)28-8-7-9-28/h10-18,20-22,28,34H,6-9,19H2,1-5H3/t21-,22?,34?/m1/s1. The van der Waals surface area contributed by atoms with Gasteiger partial charge in [-0.05, 0) is 98.2 Å². The Hall–Kier alpha value is -3.51. The lowest BCUT2D eigenvalue weighted by atomic mass is 9.86. The van der Waals surface area contributed by atoms with E-state index in [4.69, 9.17) is 21.1 Å². The molecule has 1 aliphatic carbocycles. The number of nitrogens with zero attached hydrogens (tertiary/aromatic N) is 2. The van der Waals surface area contributed by atoms with Gasteiger partial charge in [0.2, 0.25) is 11.8 Å². The van der Waals surface area contributed by atoms with E-state index in [2.05, 4.69) is 13.8 Å². The first-order chi connectivity index (χ1) is 19.7. The van der Waals surface area contributed by atoms with Crippen molar-refractivity contribution in [1.29, 1.82) is 0 Å². The Labute approximate surface area is 248 Å². The third-order valence-corrected chi connectivity index (χ3v) is 8.83. The van der Waals surface area contributed by atoms with Crippen LogP contribution in [0.4, 0.5) is 5.69 Å². The smallest absolute Gasteiger partial charge is 0.232 e. The largest absolute Gasteiger partial charge is 0.493 e. The highest BCUT2D eigenvalue weighted by Gasteiger charge is 2.37. The van der Waals surface area contributed by atoms with Gasteiger partial charge in [0.25, 0.3) is 0 Å². The maximum Gasteiger partial charge on any atom is 0.232 e. The van der Waals surface area contributed by atoms with E-state index >= 15 is 0 Å². The molecule has 5 rings (SSSR count). The Morgan fingerprint density at radius 2 is 1.73 bits per heavy atom. The average molecular weight is 575 g/mol. The summed E-state index contributed by atoms with van der Waals surface area (Å²) >= 11 is 6.26. The number of halogens is 1. The molecule has 3 aromatic rings. The monoisotopic (exact) mass is 574 g/mol. The zero-order valence-corrected chi connectivity index (χ0v) is 25.3. The van der Waals surface area contributed by atoms with Gasteiger partial charge in [-0.15, -0.1) is 0 Å². The van der Waals surface area contributed by atoms with Gasteiger partial charge in [0, 0.05) is 23.7 Å². The predicted octanol–water partition coefficient (Wildman–Crippen LogP) is 7.67. The van der Waals surface area contributed by atoms with Gasteiger partial charge in [-0.3, -0.25) is 9.59 Å². The van der Waals surface area contributed by atoms with E-state index in [-0.39, 0.29) is 36.4 Å². The van der Waals surface area contributed by atoms with Crippen LogP contribution in [-0.2, 0) is 16.0 Å². The van der Waals surface area contributed by atoms with Gasteiger partial charge in [0.1, 0.15) is 0 Å². The molecule has 1 fully saturated rings. The molecule has 2 aliphatic rings. The van der Waals surface area contributed by atoms with Gasteiger partial charge in [0.15, 0.2) is 11.5 Å². The molecule has 2 unspecified atom stereocenters. The van der Waals surface area contributed by atoms with Gasteiger partial charge >= 0.3 is 0 Å². The fourth-order valence-electron chi connectivity index (χ4n) is 5.96. The minimum absolute atomic E-state index is 0.00396. The third kappa shape index (κ3) is 5.80. The summed E-state index contributed by atoms with van der Waals surface area (Å²) in [6, 6.07) is 19.6. The number of hydrogen-bond donors (Lipinski definition) is 0. The van der Waals surface area contributed by atoms with Crippen LogP contribution in [-0.4, -0.2) is 36.0 Å². The zero-order valence-electron chi connectivity index (χ0n) is 24.5. The van der Waals surface area contributed by atoms with Crippen molar-refractivity contribution >= 4 is 29.1 Å². The summed E-state index contributed by atoms with van der Waals surface area (Å²) in [5.41, 5.74) is 4.72. The number of hydrogen-bond acceptors (Lipinski definition) is 4. The second-order valence-corrected chi connectivity index (χ2v) is 11.6. The quantitative estimate of drug-likeness (QED) is 0.263.